The number of fused-ring (bicyclic) bond motifs is 1. The molecule has 3 rings (SSSR count). The Kier molecular flexibility index (Phi) is 5.13. The fourth-order valence-electron chi connectivity index (χ4n) is 3.08. The fraction of sp³-hybridized carbons (Fsp3) is 0.316. The lowest BCUT2D eigenvalue weighted by atomic mass is 10.00. The molecule has 23 heavy (non-hydrogen) atoms. The van der Waals surface area contributed by atoms with E-state index in [0.29, 0.717) is 6.54 Å². The standard InChI is InChI=1S/C19H21BrN2O/c1-14(17-8-4-5-9-18(17)20)21-19(23)13-22-11-10-15-6-2-3-7-16(15)12-22/h2-9,14H,10-13H2,1H3,(H,21,23)/t14-/m1/s1. The van der Waals surface area contributed by atoms with Crippen LogP contribution in [0, 0.1) is 0 Å². The smallest absolute Gasteiger partial charge is 0.234 e. The maximum atomic E-state index is 12.4. The number of amides is 1. The maximum Gasteiger partial charge on any atom is 0.234 e. The normalized spacial score (nSPS) is 15.7. The van der Waals surface area contributed by atoms with Gasteiger partial charge in [0.15, 0.2) is 0 Å². The van der Waals surface area contributed by atoms with Crippen LogP contribution >= 0.6 is 15.9 Å². The number of benzene rings is 2. The Morgan fingerprint density at radius 2 is 1.87 bits per heavy atom. The molecule has 1 atom stereocenters. The number of carbonyl (C=O) groups excluding carboxylic acids is 1. The average Bonchev–Trinajstić information content (AvgIpc) is 2.55. The molecule has 0 aliphatic carbocycles. The molecule has 0 bridgehead atoms. The van der Waals surface area contributed by atoms with Crippen molar-refractivity contribution in [2.75, 3.05) is 13.1 Å². The third-order valence-electron chi connectivity index (χ3n) is 4.33. The van der Waals surface area contributed by atoms with Gasteiger partial charge in [0.25, 0.3) is 0 Å². The molecule has 0 saturated carbocycles. The van der Waals surface area contributed by atoms with Crippen molar-refractivity contribution in [3.8, 4) is 0 Å². The van der Waals surface area contributed by atoms with Crippen molar-refractivity contribution in [3.05, 3.63) is 69.7 Å². The predicted octanol–water partition coefficient (Wildman–Crippen LogP) is 3.68. The van der Waals surface area contributed by atoms with Gasteiger partial charge in [-0.1, -0.05) is 58.4 Å². The van der Waals surface area contributed by atoms with Crippen LogP contribution < -0.4 is 5.32 Å². The van der Waals surface area contributed by atoms with Crippen LogP contribution in [0.15, 0.2) is 53.0 Å². The lowest BCUT2D eigenvalue weighted by Crippen LogP contribution is -2.40. The summed E-state index contributed by atoms with van der Waals surface area (Å²) in [6.07, 6.45) is 1.02. The second kappa shape index (κ2) is 7.28. The topological polar surface area (TPSA) is 32.3 Å². The van der Waals surface area contributed by atoms with Crippen LogP contribution in [-0.4, -0.2) is 23.9 Å². The minimum Gasteiger partial charge on any atom is -0.348 e. The van der Waals surface area contributed by atoms with E-state index in [1.54, 1.807) is 0 Å². The van der Waals surface area contributed by atoms with E-state index in [1.165, 1.54) is 11.1 Å². The van der Waals surface area contributed by atoms with Crippen LogP contribution in [0.3, 0.4) is 0 Å². The van der Waals surface area contributed by atoms with Gasteiger partial charge in [0.2, 0.25) is 5.91 Å². The third kappa shape index (κ3) is 4.01. The van der Waals surface area contributed by atoms with Gasteiger partial charge in [-0.2, -0.15) is 0 Å². The highest BCUT2D eigenvalue weighted by Gasteiger charge is 2.19. The molecule has 1 amide bonds. The number of hydrogen-bond acceptors (Lipinski definition) is 2. The van der Waals surface area contributed by atoms with Crippen LogP contribution in [-0.2, 0) is 17.8 Å². The Labute approximate surface area is 145 Å². The van der Waals surface area contributed by atoms with Gasteiger partial charge in [-0.25, -0.2) is 0 Å². The molecule has 0 unspecified atom stereocenters. The summed E-state index contributed by atoms with van der Waals surface area (Å²) in [6, 6.07) is 16.5. The molecule has 1 aliphatic heterocycles. The van der Waals surface area contributed by atoms with E-state index in [9.17, 15) is 4.79 Å². The molecule has 3 nitrogen and oxygen atoms in total. The first-order valence-electron chi connectivity index (χ1n) is 7.96. The second-order valence-electron chi connectivity index (χ2n) is 6.04. The van der Waals surface area contributed by atoms with Gasteiger partial charge in [-0.05, 0) is 36.1 Å². The molecule has 1 heterocycles. The number of nitrogens with zero attached hydrogens (tertiary/aromatic N) is 1. The zero-order valence-corrected chi connectivity index (χ0v) is 14.8. The van der Waals surface area contributed by atoms with Crippen LogP contribution in [0.25, 0.3) is 0 Å². The zero-order valence-electron chi connectivity index (χ0n) is 13.3. The molecule has 0 fully saturated rings. The van der Waals surface area contributed by atoms with Gasteiger partial charge in [-0.3, -0.25) is 9.69 Å². The monoisotopic (exact) mass is 372 g/mol. The number of halogens is 1. The molecule has 4 heteroatoms. The van der Waals surface area contributed by atoms with Crippen molar-refractivity contribution in [2.24, 2.45) is 0 Å². The van der Waals surface area contributed by atoms with Crippen molar-refractivity contribution in [1.29, 1.82) is 0 Å². The summed E-state index contributed by atoms with van der Waals surface area (Å²) < 4.78 is 1.03. The summed E-state index contributed by atoms with van der Waals surface area (Å²) in [6.45, 7) is 4.26. The first-order chi connectivity index (χ1) is 11.1. The van der Waals surface area contributed by atoms with Gasteiger partial charge >= 0.3 is 0 Å². The Bertz CT molecular complexity index is 701. The number of rotatable bonds is 4. The maximum absolute atomic E-state index is 12.4. The molecule has 0 saturated heterocycles. The van der Waals surface area contributed by atoms with E-state index in [0.717, 1.165) is 29.5 Å². The van der Waals surface area contributed by atoms with E-state index in [2.05, 4.69) is 50.4 Å². The molecular formula is C19H21BrN2O. The third-order valence-corrected chi connectivity index (χ3v) is 5.05. The van der Waals surface area contributed by atoms with Gasteiger partial charge in [0.05, 0.1) is 12.6 Å². The van der Waals surface area contributed by atoms with Crippen LogP contribution in [0.2, 0.25) is 0 Å². The quantitative estimate of drug-likeness (QED) is 0.887. The second-order valence-corrected chi connectivity index (χ2v) is 6.89. The van der Waals surface area contributed by atoms with Gasteiger partial charge in [-0.15, -0.1) is 0 Å². The van der Waals surface area contributed by atoms with E-state index in [4.69, 9.17) is 0 Å². The summed E-state index contributed by atoms with van der Waals surface area (Å²) in [5.74, 6) is 0.0765. The zero-order chi connectivity index (χ0) is 16.2. The van der Waals surface area contributed by atoms with E-state index < -0.39 is 0 Å². The van der Waals surface area contributed by atoms with Gasteiger partial charge < -0.3 is 5.32 Å². The highest BCUT2D eigenvalue weighted by Crippen LogP contribution is 2.23. The van der Waals surface area contributed by atoms with Crippen LogP contribution in [0.1, 0.15) is 29.7 Å². The number of nitrogens with one attached hydrogen (secondary N) is 1. The first kappa shape index (κ1) is 16.2. The summed E-state index contributed by atoms with van der Waals surface area (Å²) in [5, 5.41) is 3.10. The van der Waals surface area contributed by atoms with Crippen LogP contribution in [0.4, 0.5) is 0 Å². The Hall–Kier alpha value is -1.65. The minimum absolute atomic E-state index is 0.00449. The Morgan fingerprint density at radius 3 is 2.65 bits per heavy atom. The molecule has 0 radical (unpaired) electrons. The molecule has 2 aromatic carbocycles. The largest absolute Gasteiger partial charge is 0.348 e. The molecule has 2 aromatic rings. The van der Waals surface area contributed by atoms with Crippen molar-refractivity contribution in [1.82, 2.24) is 10.2 Å². The summed E-state index contributed by atoms with van der Waals surface area (Å²) >= 11 is 3.54. The molecular weight excluding hydrogens is 352 g/mol. The lowest BCUT2D eigenvalue weighted by molar-refractivity contribution is -0.123. The summed E-state index contributed by atoms with van der Waals surface area (Å²) in [5.41, 5.74) is 3.85. The van der Waals surface area contributed by atoms with E-state index >= 15 is 0 Å². The number of hydrogen-bond donors (Lipinski definition) is 1. The molecule has 0 aromatic heterocycles. The van der Waals surface area contributed by atoms with Crippen molar-refractivity contribution >= 4 is 21.8 Å². The van der Waals surface area contributed by atoms with Crippen LogP contribution in [0.5, 0.6) is 0 Å². The minimum atomic E-state index is -0.00449. The number of carbonyl (C=O) groups is 1. The SMILES string of the molecule is C[C@@H](NC(=O)CN1CCc2ccccc2C1)c1ccccc1Br. The fourth-order valence-corrected chi connectivity index (χ4v) is 3.71. The molecule has 120 valence electrons. The average molecular weight is 373 g/mol. The first-order valence-corrected chi connectivity index (χ1v) is 8.75. The highest BCUT2D eigenvalue weighted by molar-refractivity contribution is 9.10. The Morgan fingerprint density at radius 1 is 1.17 bits per heavy atom. The summed E-state index contributed by atoms with van der Waals surface area (Å²) in [7, 11) is 0. The molecule has 0 spiro atoms. The molecule has 1 aliphatic rings. The van der Waals surface area contributed by atoms with Crippen molar-refractivity contribution in [2.45, 2.75) is 25.9 Å². The van der Waals surface area contributed by atoms with Crippen molar-refractivity contribution < 1.29 is 4.79 Å². The lowest BCUT2D eigenvalue weighted by Gasteiger charge is -2.28. The molecule has 1 N–H and O–H groups in total. The van der Waals surface area contributed by atoms with Gasteiger partial charge in [0.1, 0.15) is 0 Å². The Balaban J connectivity index is 1.57. The van der Waals surface area contributed by atoms with E-state index in [1.807, 2.05) is 31.2 Å². The van der Waals surface area contributed by atoms with Gasteiger partial charge in [0, 0.05) is 17.6 Å². The summed E-state index contributed by atoms with van der Waals surface area (Å²) in [4.78, 5) is 14.6. The highest BCUT2D eigenvalue weighted by atomic mass is 79.9. The predicted molar refractivity (Wildman–Crippen MR) is 96.1 cm³/mol. The van der Waals surface area contributed by atoms with E-state index in [-0.39, 0.29) is 11.9 Å². The van der Waals surface area contributed by atoms with Crippen molar-refractivity contribution in [3.63, 3.8) is 0 Å².